The van der Waals surface area contributed by atoms with Gasteiger partial charge in [0.05, 0.1) is 11.4 Å². The van der Waals surface area contributed by atoms with E-state index in [-0.39, 0.29) is 5.41 Å². The topological polar surface area (TPSA) is 38.7 Å². The fourth-order valence-corrected chi connectivity index (χ4v) is 7.51. The minimum Gasteiger partial charge on any atom is -0.264 e. The predicted octanol–water partition coefficient (Wildman–Crippen LogP) is 11.7. The highest BCUT2D eigenvalue weighted by atomic mass is 14.9. The second kappa shape index (κ2) is 11.5. The maximum atomic E-state index is 5.17. The van der Waals surface area contributed by atoms with Gasteiger partial charge < -0.3 is 0 Å². The molecule has 6 aromatic carbocycles. The minimum absolute atomic E-state index is 0.0796. The molecular weight excluding hydrogens is 595 g/mol. The van der Waals surface area contributed by atoms with E-state index in [1.807, 2.05) is 24.4 Å². The minimum atomic E-state index is -0.0796. The van der Waals surface area contributed by atoms with Crippen molar-refractivity contribution in [3.63, 3.8) is 0 Å². The molecular formula is C46H33N3. The van der Waals surface area contributed by atoms with Crippen LogP contribution in [0.4, 0.5) is 0 Å². The van der Waals surface area contributed by atoms with Crippen LogP contribution >= 0.6 is 0 Å². The van der Waals surface area contributed by atoms with Gasteiger partial charge in [-0.3, -0.25) is 4.98 Å². The monoisotopic (exact) mass is 627 g/mol. The highest BCUT2D eigenvalue weighted by Crippen LogP contribution is 2.52. The molecule has 0 N–H and O–H groups in total. The Hall–Kier alpha value is -6.19. The lowest BCUT2D eigenvalue weighted by Gasteiger charge is -2.23. The van der Waals surface area contributed by atoms with Crippen LogP contribution in [0, 0.1) is 0 Å². The van der Waals surface area contributed by atoms with Gasteiger partial charge in [-0.2, -0.15) is 0 Å². The summed E-state index contributed by atoms with van der Waals surface area (Å²) < 4.78 is 0. The average Bonchev–Trinajstić information content (AvgIpc) is 3.41. The highest BCUT2D eigenvalue weighted by Gasteiger charge is 2.36. The molecule has 0 unspecified atom stereocenters. The molecule has 0 bridgehead atoms. The molecule has 2 heterocycles. The molecule has 9 rings (SSSR count). The Balaban J connectivity index is 1.15. The van der Waals surface area contributed by atoms with Crippen molar-refractivity contribution >= 4 is 10.8 Å². The molecule has 3 heteroatoms. The van der Waals surface area contributed by atoms with Crippen molar-refractivity contribution < 1.29 is 0 Å². The Morgan fingerprint density at radius 3 is 1.92 bits per heavy atom. The van der Waals surface area contributed by atoms with E-state index in [1.54, 1.807) is 6.20 Å². The van der Waals surface area contributed by atoms with Crippen LogP contribution in [0.15, 0.2) is 164 Å². The summed E-state index contributed by atoms with van der Waals surface area (Å²) >= 11 is 0. The Morgan fingerprint density at radius 2 is 1.10 bits per heavy atom. The lowest BCUT2D eigenvalue weighted by molar-refractivity contribution is 0.666. The van der Waals surface area contributed by atoms with Gasteiger partial charge in [0.15, 0.2) is 5.82 Å². The van der Waals surface area contributed by atoms with Gasteiger partial charge in [-0.1, -0.05) is 129 Å². The van der Waals surface area contributed by atoms with E-state index in [0.29, 0.717) is 5.82 Å². The molecule has 0 radical (unpaired) electrons. The molecule has 0 aliphatic heterocycles. The lowest BCUT2D eigenvalue weighted by atomic mass is 9.80. The van der Waals surface area contributed by atoms with Gasteiger partial charge in [-0.15, -0.1) is 0 Å². The van der Waals surface area contributed by atoms with Gasteiger partial charge in [0, 0.05) is 34.5 Å². The molecule has 0 spiro atoms. The Bertz CT molecular complexity index is 2520. The predicted molar refractivity (Wildman–Crippen MR) is 202 cm³/mol. The van der Waals surface area contributed by atoms with Crippen LogP contribution < -0.4 is 0 Å². The molecule has 0 atom stereocenters. The number of pyridine rings is 1. The molecule has 232 valence electrons. The molecule has 0 saturated carbocycles. The number of hydrogen-bond donors (Lipinski definition) is 0. The molecule has 2 aromatic heterocycles. The smallest absolute Gasteiger partial charge is 0.160 e. The van der Waals surface area contributed by atoms with Crippen molar-refractivity contribution in [3.05, 3.63) is 175 Å². The molecule has 49 heavy (non-hydrogen) atoms. The van der Waals surface area contributed by atoms with Crippen molar-refractivity contribution in [2.24, 2.45) is 0 Å². The molecule has 0 saturated heterocycles. The zero-order valence-corrected chi connectivity index (χ0v) is 27.4. The van der Waals surface area contributed by atoms with Crippen molar-refractivity contribution in [1.82, 2.24) is 15.0 Å². The summed E-state index contributed by atoms with van der Waals surface area (Å²) in [4.78, 5) is 14.6. The second-order valence-electron chi connectivity index (χ2n) is 13.3. The normalized spacial score (nSPS) is 12.9. The van der Waals surface area contributed by atoms with Crippen molar-refractivity contribution in [3.8, 4) is 67.3 Å². The van der Waals surface area contributed by atoms with Gasteiger partial charge in [0.2, 0.25) is 0 Å². The van der Waals surface area contributed by atoms with E-state index in [2.05, 4.69) is 152 Å². The molecule has 0 amide bonds. The number of hydrogen-bond acceptors (Lipinski definition) is 3. The summed E-state index contributed by atoms with van der Waals surface area (Å²) in [5.41, 5.74) is 14.7. The lowest BCUT2D eigenvalue weighted by Crippen LogP contribution is -2.15. The van der Waals surface area contributed by atoms with Crippen LogP contribution in [0.2, 0.25) is 0 Å². The number of rotatable bonds is 5. The fraction of sp³-hybridized carbons (Fsp3) is 0.0652. The Kier molecular flexibility index (Phi) is 6.80. The standard InChI is InChI=1S/C46H33N3/c1-46(2)41-23-21-34(27-40(41)39-22-20-31-13-6-7-19-38(31)44(39)46)33-15-8-16-35(25-33)42-28-43(37-18-10-24-47-29-37)49-45(48-42)36-17-9-14-32(26-36)30-11-4-3-5-12-30/h3-29H,1-2H3. The third-order valence-electron chi connectivity index (χ3n) is 9.94. The van der Waals surface area contributed by atoms with Crippen LogP contribution in [0.3, 0.4) is 0 Å². The number of fused-ring (bicyclic) bond motifs is 5. The summed E-state index contributed by atoms with van der Waals surface area (Å²) in [6, 6.07) is 54.0. The average molecular weight is 628 g/mol. The van der Waals surface area contributed by atoms with Gasteiger partial charge in [0.25, 0.3) is 0 Å². The maximum Gasteiger partial charge on any atom is 0.160 e. The van der Waals surface area contributed by atoms with Gasteiger partial charge in [0.1, 0.15) is 0 Å². The molecule has 1 aliphatic rings. The van der Waals surface area contributed by atoms with Crippen LogP contribution in [-0.4, -0.2) is 15.0 Å². The summed E-state index contributed by atoms with van der Waals surface area (Å²) in [6.07, 6.45) is 3.65. The molecule has 0 fully saturated rings. The fourth-order valence-electron chi connectivity index (χ4n) is 7.51. The first-order valence-corrected chi connectivity index (χ1v) is 16.8. The van der Waals surface area contributed by atoms with Crippen LogP contribution in [-0.2, 0) is 5.41 Å². The summed E-state index contributed by atoms with van der Waals surface area (Å²) in [7, 11) is 0. The molecule has 8 aromatic rings. The maximum absolute atomic E-state index is 5.17. The first-order valence-electron chi connectivity index (χ1n) is 16.8. The Labute approximate surface area is 286 Å². The van der Waals surface area contributed by atoms with Gasteiger partial charge in [-0.05, 0) is 91.7 Å². The van der Waals surface area contributed by atoms with E-state index in [4.69, 9.17) is 9.97 Å². The Morgan fingerprint density at radius 1 is 0.449 bits per heavy atom. The van der Waals surface area contributed by atoms with Crippen molar-refractivity contribution in [2.45, 2.75) is 19.3 Å². The quantitative estimate of drug-likeness (QED) is 0.191. The second-order valence-corrected chi connectivity index (χ2v) is 13.3. The summed E-state index contributed by atoms with van der Waals surface area (Å²) in [5, 5.41) is 2.62. The largest absolute Gasteiger partial charge is 0.264 e. The highest BCUT2D eigenvalue weighted by molar-refractivity contribution is 5.98. The van der Waals surface area contributed by atoms with Crippen molar-refractivity contribution in [2.75, 3.05) is 0 Å². The van der Waals surface area contributed by atoms with E-state index < -0.39 is 0 Å². The van der Waals surface area contributed by atoms with E-state index >= 15 is 0 Å². The zero-order valence-electron chi connectivity index (χ0n) is 27.4. The molecule has 1 aliphatic carbocycles. The molecule has 3 nitrogen and oxygen atoms in total. The summed E-state index contributed by atoms with van der Waals surface area (Å²) in [6.45, 7) is 4.71. The first-order chi connectivity index (χ1) is 24.0. The zero-order chi connectivity index (χ0) is 33.0. The number of aromatic nitrogens is 3. The number of nitrogens with zero attached hydrogens (tertiary/aromatic N) is 3. The number of benzene rings is 6. The van der Waals surface area contributed by atoms with Gasteiger partial charge in [-0.25, -0.2) is 9.97 Å². The third-order valence-corrected chi connectivity index (χ3v) is 9.94. The third kappa shape index (κ3) is 5.03. The van der Waals surface area contributed by atoms with E-state index in [1.165, 1.54) is 38.6 Å². The summed E-state index contributed by atoms with van der Waals surface area (Å²) in [5.74, 6) is 0.683. The van der Waals surface area contributed by atoms with Crippen LogP contribution in [0.25, 0.3) is 78.1 Å². The van der Waals surface area contributed by atoms with Crippen LogP contribution in [0.1, 0.15) is 25.0 Å². The SMILES string of the molecule is CC1(C)c2ccc(-c3cccc(-c4cc(-c5cccnc5)nc(-c5cccc(-c6ccccc6)c5)n4)c3)cc2-c2ccc3ccccc3c21. The van der Waals surface area contributed by atoms with Crippen molar-refractivity contribution in [1.29, 1.82) is 0 Å². The van der Waals surface area contributed by atoms with E-state index in [0.717, 1.165) is 44.8 Å². The first kappa shape index (κ1) is 29.0. The van der Waals surface area contributed by atoms with Gasteiger partial charge >= 0.3 is 0 Å². The van der Waals surface area contributed by atoms with E-state index in [9.17, 15) is 0 Å². The van der Waals surface area contributed by atoms with Crippen LogP contribution in [0.5, 0.6) is 0 Å².